The van der Waals surface area contributed by atoms with Gasteiger partial charge in [0.1, 0.15) is 0 Å². The molecule has 0 amide bonds. The van der Waals surface area contributed by atoms with Crippen molar-refractivity contribution in [3.05, 3.63) is 28.8 Å². The fourth-order valence-corrected chi connectivity index (χ4v) is 2.57. The predicted octanol–water partition coefficient (Wildman–Crippen LogP) is 4.26. The number of hydrogen-bond acceptors (Lipinski definition) is 2. The zero-order valence-corrected chi connectivity index (χ0v) is 12.1. The number of aryl methyl sites for hydroxylation is 1. The van der Waals surface area contributed by atoms with Crippen LogP contribution in [-0.4, -0.2) is 18.8 Å². The first-order valence-electron chi connectivity index (χ1n) is 6.70. The molecule has 0 spiro atoms. The molecule has 0 bridgehead atoms. The minimum absolute atomic E-state index is 0.371. The van der Waals surface area contributed by atoms with Crippen LogP contribution in [0.2, 0.25) is 5.02 Å². The molecule has 1 aromatic rings. The van der Waals surface area contributed by atoms with Crippen molar-refractivity contribution in [3.63, 3.8) is 0 Å². The molecule has 1 N–H and O–H groups in total. The van der Waals surface area contributed by atoms with Gasteiger partial charge in [-0.15, -0.1) is 0 Å². The van der Waals surface area contributed by atoms with Gasteiger partial charge in [-0.1, -0.05) is 31.5 Å². The van der Waals surface area contributed by atoms with Crippen LogP contribution in [0.1, 0.15) is 32.3 Å². The van der Waals surface area contributed by atoms with Gasteiger partial charge in [0.2, 0.25) is 0 Å². The molecule has 1 aromatic carbocycles. The summed E-state index contributed by atoms with van der Waals surface area (Å²) in [4.78, 5) is 0. The first-order chi connectivity index (χ1) is 8.56. The third kappa shape index (κ3) is 3.39. The SMILES string of the molecule is Cc1ccc(Cl)cc1NC1CCOC(C(C)C)C1. The fourth-order valence-electron chi connectivity index (χ4n) is 2.39. The van der Waals surface area contributed by atoms with Gasteiger partial charge in [-0.25, -0.2) is 0 Å². The minimum Gasteiger partial charge on any atom is -0.382 e. The first-order valence-corrected chi connectivity index (χ1v) is 7.08. The van der Waals surface area contributed by atoms with Crippen LogP contribution >= 0.6 is 11.6 Å². The van der Waals surface area contributed by atoms with Crippen LogP contribution in [0.25, 0.3) is 0 Å². The van der Waals surface area contributed by atoms with Gasteiger partial charge in [0.25, 0.3) is 0 Å². The van der Waals surface area contributed by atoms with Crippen LogP contribution in [0.15, 0.2) is 18.2 Å². The molecule has 18 heavy (non-hydrogen) atoms. The summed E-state index contributed by atoms with van der Waals surface area (Å²) in [5.41, 5.74) is 2.39. The van der Waals surface area contributed by atoms with Crippen LogP contribution in [0.5, 0.6) is 0 Å². The normalized spacial score (nSPS) is 24.3. The lowest BCUT2D eigenvalue weighted by Gasteiger charge is -2.33. The largest absolute Gasteiger partial charge is 0.382 e. The highest BCUT2D eigenvalue weighted by Crippen LogP contribution is 2.26. The molecule has 0 radical (unpaired) electrons. The monoisotopic (exact) mass is 267 g/mol. The zero-order chi connectivity index (χ0) is 13.1. The first kappa shape index (κ1) is 13.7. The molecule has 0 aromatic heterocycles. The highest BCUT2D eigenvalue weighted by atomic mass is 35.5. The molecule has 2 unspecified atom stereocenters. The fraction of sp³-hybridized carbons (Fsp3) is 0.600. The Hall–Kier alpha value is -0.730. The van der Waals surface area contributed by atoms with Gasteiger partial charge < -0.3 is 10.1 Å². The Balaban J connectivity index is 2.02. The summed E-state index contributed by atoms with van der Waals surface area (Å²) in [5, 5.41) is 4.40. The van der Waals surface area contributed by atoms with E-state index in [1.807, 2.05) is 12.1 Å². The van der Waals surface area contributed by atoms with Gasteiger partial charge in [-0.05, 0) is 43.4 Å². The van der Waals surface area contributed by atoms with Crippen LogP contribution in [0.3, 0.4) is 0 Å². The van der Waals surface area contributed by atoms with E-state index in [9.17, 15) is 0 Å². The van der Waals surface area contributed by atoms with Gasteiger partial charge in [0.05, 0.1) is 6.10 Å². The third-order valence-corrected chi connectivity index (χ3v) is 3.85. The molecular formula is C15H22ClNO. The van der Waals surface area contributed by atoms with E-state index in [1.165, 1.54) is 5.56 Å². The van der Waals surface area contributed by atoms with Gasteiger partial charge in [-0.2, -0.15) is 0 Å². The number of anilines is 1. The number of rotatable bonds is 3. The Morgan fingerprint density at radius 3 is 2.89 bits per heavy atom. The van der Waals surface area contributed by atoms with E-state index in [0.717, 1.165) is 30.2 Å². The molecule has 0 saturated carbocycles. The molecule has 1 heterocycles. The van der Waals surface area contributed by atoms with Crippen molar-refractivity contribution in [2.24, 2.45) is 5.92 Å². The maximum atomic E-state index is 6.05. The van der Waals surface area contributed by atoms with E-state index in [0.29, 0.717) is 18.1 Å². The Bertz CT molecular complexity index is 405. The Kier molecular flexibility index (Phi) is 4.52. The highest BCUT2D eigenvalue weighted by Gasteiger charge is 2.24. The zero-order valence-electron chi connectivity index (χ0n) is 11.4. The molecule has 1 aliphatic heterocycles. The summed E-state index contributed by atoms with van der Waals surface area (Å²) in [6.07, 6.45) is 2.51. The molecule has 3 heteroatoms. The summed E-state index contributed by atoms with van der Waals surface area (Å²) in [7, 11) is 0. The molecule has 0 aliphatic carbocycles. The van der Waals surface area contributed by atoms with Crippen molar-refractivity contribution in [1.82, 2.24) is 0 Å². The number of benzene rings is 1. The predicted molar refractivity (Wildman–Crippen MR) is 77.4 cm³/mol. The standard InChI is InChI=1S/C15H22ClNO/c1-10(2)15-9-13(6-7-18-15)17-14-8-12(16)5-4-11(14)3/h4-5,8,10,13,15,17H,6-7,9H2,1-3H3. The lowest BCUT2D eigenvalue weighted by atomic mass is 9.95. The third-order valence-electron chi connectivity index (χ3n) is 3.62. The molecule has 1 aliphatic rings. The minimum atomic E-state index is 0.371. The van der Waals surface area contributed by atoms with Gasteiger partial charge >= 0.3 is 0 Å². The van der Waals surface area contributed by atoms with E-state index >= 15 is 0 Å². The van der Waals surface area contributed by atoms with Crippen molar-refractivity contribution in [2.45, 2.75) is 45.8 Å². The average Bonchev–Trinajstić information content (AvgIpc) is 2.34. The lowest BCUT2D eigenvalue weighted by molar-refractivity contribution is -0.0160. The maximum absolute atomic E-state index is 6.05. The summed E-state index contributed by atoms with van der Waals surface area (Å²) >= 11 is 6.05. The summed E-state index contributed by atoms with van der Waals surface area (Å²) in [5.74, 6) is 0.579. The maximum Gasteiger partial charge on any atom is 0.0617 e. The molecule has 2 atom stereocenters. The van der Waals surface area contributed by atoms with Gasteiger partial charge in [-0.3, -0.25) is 0 Å². The van der Waals surface area contributed by atoms with E-state index in [-0.39, 0.29) is 0 Å². The molecule has 2 rings (SSSR count). The Morgan fingerprint density at radius 1 is 1.39 bits per heavy atom. The number of nitrogens with one attached hydrogen (secondary N) is 1. The second kappa shape index (κ2) is 5.94. The highest BCUT2D eigenvalue weighted by molar-refractivity contribution is 6.30. The van der Waals surface area contributed by atoms with E-state index < -0.39 is 0 Å². The van der Waals surface area contributed by atoms with Crippen LogP contribution in [-0.2, 0) is 4.74 Å². The van der Waals surface area contributed by atoms with Crippen molar-refractivity contribution in [1.29, 1.82) is 0 Å². The Labute approximate surface area is 115 Å². The van der Waals surface area contributed by atoms with Crippen LogP contribution in [0, 0.1) is 12.8 Å². The van der Waals surface area contributed by atoms with Gasteiger partial charge in [0.15, 0.2) is 0 Å². The number of ether oxygens (including phenoxy) is 1. The summed E-state index contributed by atoms with van der Waals surface area (Å²) < 4.78 is 5.80. The van der Waals surface area contributed by atoms with Crippen molar-refractivity contribution in [3.8, 4) is 0 Å². The molecular weight excluding hydrogens is 246 g/mol. The van der Waals surface area contributed by atoms with Crippen molar-refractivity contribution in [2.75, 3.05) is 11.9 Å². The molecule has 1 saturated heterocycles. The lowest BCUT2D eigenvalue weighted by Crippen LogP contribution is -2.36. The molecule has 100 valence electrons. The topological polar surface area (TPSA) is 21.3 Å². The van der Waals surface area contributed by atoms with E-state index in [4.69, 9.17) is 16.3 Å². The van der Waals surface area contributed by atoms with Crippen LogP contribution < -0.4 is 5.32 Å². The second-order valence-electron chi connectivity index (χ2n) is 5.48. The number of hydrogen-bond donors (Lipinski definition) is 1. The quantitative estimate of drug-likeness (QED) is 0.883. The van der Waals surface area contributed by atoms with E-state index in [2.05, 4.69) is 32.2 Å². The van der Waals surface area contributed by atoms with Gasteiger partial charge in [0, 0.05) is 23.4 Å². The molecule has 1 fully saturated rings. The molecule has 2 nitrogen and oxygen atoms in total. The second-order valence-corrected chi connectivity index (χ2v) is 5.91. The smallest absolute Gasteiger partial charge is 0.0617 e. The summed E-state index contributed by atoms with van der Waals surface area (Å²) in [6, 6.07) is 6.49. The average molecular weight is 268 g/mol. The van der Waals surface area contributed by atoms with Crippen molar-refractivity contribution < 1.29 is 4.74 Å². The summed E-state index contributed by atoms with van der Waals surface area (Å²) in [6.45, 7) is 7.40. The van der Waals surface area contributed by atoms with Crippen molar-refractivity contribution >= 4 is 17.3 Å². The van der Waals surface area contributed by atoms with Crippen LogP contribution in [0.4, 0.5) is 5.69 Å². The van der Waals surface area contributed by atoms with E-state index in [1.54, 1.807) is 0 Å². The number of halogens is 1. The Morgan fingerprint density at radius 2 is 2.17 bits per heavy atom.